The van der Waals surface area contributed by atoms with Crippen LogP contribution in [0.15, 0.2) is 12.1 Å². The topological polar surface area (TPSA) is 32.3 Å². The minimum absolute atomic E-state index is 0.0386. The number of hydrogen-bond donors (Lipinski definition) is 1. The van der Waals surface area contributed by atoms with Crippen LogP contribution in [0, 0.1) is 9.39 Å². The third kappa shape index (κ3) is 2.14. The number of nitrogens with one attached hydrogen (secondary N) is 1. The van der Waals surface area contributed by atoms with Crippen molar-refractivity contribution in [2.45, 2.75) is 13.3 Å². The lowest BCUT2D eigenvalue weighted by molar-refractivity contribution is -0.115. The molecule has 5 heteroatoms. The molecule has 0 atom stereocenters. The Labute approximate surface area is 107 Å². The molecule has 1 aromatic rings. The molecular weight excluding hydrogens is 322 g/mol. The Bertz CT molecular complexity index is 436. The first-order chi connectivity index (χ1) is 7.61. The second kappa shape index (κ2) is 4.57. The standard InChI is InChI=1S/C11H12FIN2O/c1-2-3-15-6-11(16)14-9-5-8(13)7(12)4-10(9)15/h4-5H,2-3,6H2,1H3,(H,14,16). The lowest BCUT2D eigenvalue weighted by Crippen LogP contribution is -2.38. The molecule has 86 valence electrons. The summed E-state index contributed by atoms with van der Waals surface area (Å²) in [7, 11) is 0. The fraction of sp³-hybridized carbons (Fsp3) is 0.364. The normalized spacial score (nSPS) is 14.7. The summed E-state index contributed by atoms with van der Waals surface area (Å²) in [5.41, 5.74) is 1.48. The molecule has 0 radical (unpaired) electrons. The molecule has 0 unspecified atom stereocenters. The molecule has 0 fully saturated rings. The lowest BCUT2D eigenvalue weighted by atomic mass is 10.2. The molecule has 0 aliphatic carbocycles. The van der Waals surface area contributed by atoms with Crippen molar-refractivity contribution >= 4 is 39.9 Å². The van der Waals surface area contributed by atoms with E-state index in [-0.39, 0.29) is 11.7 Å². The highest BCUT2D eigenvalue weighted by atomic mass is 127. The van der Waals surface area contributed by atoms with Crippen molar-refractivity contribution in [2.75, 3.05) is 23.3 Å². The Hall–Kier alpha value is -0.850. The first kappa shape index (κ1) is 11.6. The number of halogens is 2. The molecule has 1 heterocycles. The van der Waals surface area contributed by atoms with E-state index in [1.165, 1.54) is 6.07 Å². The van der Waals surface area contributed by atoms with Crippen LogP contribution < -0.4 is 10.2 Å². The van der Waals surface area contributed by atoms with Crippen LogP contribution in [0.2, 0.25) is 0 Å². The van der Waals surface area contributed by atoms with Gasteiger partial charge in [0.2, 0.25) is 5.91 Å². The average Bonchev–Trinajstić information content (AvgIpc) is 2.21. The first-order valence-corrected chi connectivity index (χ1v) is 6.23. The van der Waals surface area contributed by atoms with Crippen molar-refractivity contribution < 1.29 is 9.18 Å². The van der Waals surface area contributed by atoms with Crippen LogP contribution in [0.25, 0.3) is 0 Å². The zero-order chi connectivity index (χ0) is 11.7. The second-order valence-corrected chi connectivity index (χ2v) is 4.92. The minimum Gasteiger partial charge on any atom is -0.360 e. The summed E-state index contributed by atoms with van der Waals surface area (Å²) in [5, 5.41) is 2.76. The summed E-state index contributed by atoms with van der Waals surface area (Å²) in [4.78, 5) is 13.4. The Balaban J connectivity index is 2.44. The van der Waals surface area contributed by atoms with Crippen LogP contribution in [0.1, 0.15) is 13.3 Å². The van der Waals surface area contributed by atoms with Crippen molar-refractivity contribution in [1.82, 2.24) is 0 Å². The number of benzene rings is 1. The summed E-state index contributed by atoms with van der Waals surface area (Å²) in [6, 6.07) is 3.16. The molecule has 0 bridgehead atoms. The van der Waals surface area contributed by atoms with Gasteiger partial charge in [0.05, 0.1) is 21.5 Å². The molecule has 3 nitrogen and oxygen atoms in total. The molecule has 1 aliphatic rings. The van der Waals surface area contributed by atoms with E-state index in [4.69, 9.17) is 0 Å². The monoisotopic (exact) mass is 334 g/mol. The zero-order valence-corrected chi connectivity index (χ0v) is 11.0. The minimum atomic E-state index is -0.239. The molecule has 1 aromatic carbocycles. The summed E-state index contributed by atoms with van der Waals surface area (Å²) in [6.45, 7) is 3.11. The van der Waals surface area contributed by atoms with E-state index in [1.807, 2.05) is 34.4 Å². The van der Waals surface area contributed by atoms with Crippen LogP contribution in [0.3, 0.4) is 0 Å². The van der Waals surface area contributed by atoms with Crippen LogP contribution >= 0.6 is 22.6 Å². The van der Waals surface area contributed by atoms with Gasteiger partial charge in [0.25, 0.3) is 0 Å². The SMILES string of the molecule is CCCN1CC(=O)Nc2cc(I)c(F)cc21. The van der Waals surface area contributed by atoms with E-state index >= 15 is 0 Å². The van der Waals surface area contributed by atoms with Crippen molar-refractivity contribution in [2.24, 2.45) is 0 Å². The molecule has 2 rings (SSSR count). The third-order valence-corrected chi connectivity index (χ3v) is 3.31. The van der Waals surface area contributed by atoms with Gasteiger partial charge >= 0.3 is 0 Å². The van der Waals surface area contributed by atoms with Crippen LogP contribution in [0.4, 0.5) is 15.8 Å². The van der Waals surface area contributed by atoms with E-state index in [9.17, 15) is 9.18 Å². The number of amides is 1. The number of fused-ring (bicyclic) bond motifs is 1. The Kier molecular flexibility index (Phi) is 3.32. The Morgan fingerprint density at radius 3 is 3.00 bits per heavy atom. The van der Waals surface area contributed by atoms with E-state index in [0.29, 0.717) is 15.8 Å². The van der Waals surface area contributed by atoms with E-state index < -0.39 is 0 Å². The van der Waals surface area contributed by atoms with Gasteiger partial charge in [0, 0.05) is 12.6 Å². The predicted octanol–water partition coefficient (Wildman–Crippen LogP) is 2.60. The van der Waals surface area contributed by atoms with Gasteiger partial charge in [-0.2, -0.15) is 0 Å². The van der Waals surface area contributed by atoms with Gasteiger partial charge in [0.15, 0.2) is 0 Å². The van der Waals surface area contributed by atoms with Crippen molar-refractivity contribution in [3.63, 3.8) is 0 Å². The largest absolute Gasteiger partial charge is 0.360 e. The molecule has 1 aliphatic heterocycles. The molecule has 0 saturated heterocycles. The van der Waals surface area contributed by atoms with E-state index in [1.54, 1.807) is 6.07 Å². The first-order valence-electron chi connectivity index (χ1n) is 5.15. The highest BCUT2D eigenvalue weighted by Crippen LogP contribution is 2.32. The fourth-order valence-electron chi connectivity index (χ4n) is 1.82. The molecule has 0 saturated carbocycles. The van der Waals surface area contributed by atoms with Gasteiger partial charge in [0.1, 0.15) is 5.82 Å². The fourth-order valence-corrected chi connectivity index (χ4v) is 2.28. The average molecular weight is 334 g/mol. The highest BCUT2D eigenvalue weighted by molar-refractivity contribution is 14.1. The van der Waals surface area contributed by atoms with E-state index in [0.717, 1.165) is 18.7 Å². The van der Waals surface area contributed by atoms with Crippen LogP contribution in [0.5, 0.6) is 0 Å². The number of rotatable bonds is 2. The molecule has 1 N–H and O–H groups in total. The number of anilines is 2. The summed E-state index contributed by atoms with van der Waals surface area (Å²) >= 11 is 1.92. The number of hydrogen-bond acceptors (Lipinski definition) is 2. The van der Waals surface area contributed by atoms with Crippen LogP contribution in [-0.4, -0.2) is 19.0 Å². The number of nitrogens with zero attached hydrogens (tertiary/aromatic N) is 1. The highest BCUT2D eigenvalue weighted by Gasteiger charge is 2.22. The molecule has 1 amide bonds. The van der Waals surface area contributed by atoms with Gasteiger partial charge in [-0.05, 0) is 35.1 Å². The number of carbonyl (C=O) groups excluding carboxylic acids is 1. The maximum atomic E-state index is 13.5. The van der Waals surface area contributed by atoms with Crippen molar-refractivity contribution in [3.8, 4) is 0 Å². The van der Waals surface area contributed by atoms with Crippen molar-refractivity contribution in [1.29, 1.82) is 0 Å². The summed E-state index contributed by atoms with van der Waals surface area (Å²) in [5.74, 6) is -0.278. The molecule has 0 spiro atoms. The zero-order valence-electron chi connectivity index (χ0n) is 8.89. The van der Waals surface area contributed by atoms with E-state index in [2.05, 4.69) is 5.32 Å². The Morgan fingerprint density at radius 2 is 2.31 bits per heavy atom. The smallest absolute Gasteiger partial charge is 0.243 e. The lowest BCUT2D eigenvalue weighted by Gasteiger charge is -2.30. The number of carbonyl (C=O) groups is 1. The van der Waals surface area contributed by atoms with Gasteiger partial charge in [-0.1, -0.05) is 6.92 Å². The van der Waals surface area contributed by atoms with Crippen molar-refractivity contribution in [3.05, 3.63) is 21.5 Å². The maximum absolute atomic E-state index is 13.5. The molecule has 16 heavy (non-hydrogen) atoms. The summed E-state index contributed by atoms with van der Waals surface area (Å²) in [6.07, 6.45) is 0.931. The molecule has 0 aromatic heterocycles. The third-order valence-electron chi connectivity index (χ3n) is 2.48. The molecular formula is C11H12FIN2O. The summed E-state index contributed by atoms with van der Waals surface area (Å²) < 4.78 is 14.0. The maximum Gasteiger partial charge on any atom is 0.243 e. The van der Waals surface area contributed by atoms with Gasteiger partial charge < -0.3 is 10.2 Å². The quantitative estimate of drug-likeness (QED) is 0.844. The van der Waals surface area contributed by atoms with Crippen LogP contribution in [-0.2, 0) is 4.79 Å². The van der Waals surface area contributed by atoms with Gasteiger partial charge in [-0.15, -0.1) is 0 Å². The van der Waals surface area contributed by atoms with Gasteiger partial charge in [-0.25, -0.2) is 4.39 Å². The Morgan fingerprint density at radius 1 is 1.56 bits per heavy atom. The second-order valence-electron chi connectivity index (χ2n) is 3.75. The van der Waals surface area contributed by atoms with Gasteiger partial charge in [-0.3, -0.25) is 4.79 Å². The predicted molar refractivity (Wildman–Crippen MR) is 70.3 cm³/mol.